The fraction of sp³-hybridized carbons (Fsp3) is 0.833. The van der Waals surface area contributed by atoms with E-state index in [0.29, 0.717) is 19.5 Å². The fourth-order valence-corrected chi connectivity index (χ4v) is 1.36. The number of carbonyl (C=O) groups is 2. The molecular formula is C12H25N3O2. The van der Waals surface area contributed by atoms with Crippen molar-refractivity contribution in [2.45, 2.75) is 40.2 Å². The summed E-state index contributed by atoms with van der Waals surface area (Å²) in [6, 6.07) is 0.185. The summed E-state index contributed by atoms with van der Waals surface area (Å²) in [5.41, 5.74) is 0. The van der Waals surface area contributed by atoms with Crippen molar-refractivity contribution in [3.8, 4) is 0 Å². The van der Waals surface area contributed by atoms with E-state index in [4.69, 9.17) is 0 Å². The van der Waals surface area contributed by atoms with Gasteiger partial charge in [-0.15, -0.1) is 0 Å². The number of carbonyl (C=O) groups excluding carboxylic acids is 2. The van der Waals surface area contributed by atoms with Crippen molar-refractivity contribution in [2.75, 3.05) is 19.6 Å². The summed E-state index contributed by atoms with van der Waals surface area (Å²) in [5.74, 6) is 0.0111. The molecule has 17 heavy (non-hydrogen) atoms. The Hall–Kier alpha value is -1.10. The highest BCUT2D eigenvalue weighted by Gasteiger charge is 2.08. The molecule has 5 nitrogen and oxygen atoms in total. The van der Waals surface area contributed by atoms with Gasteiger partial charge in [-0.25, -0.2) is 0 Å². The maximum Gasteiger partial charge on any atom is 0.222 e. The zero-order valence-corrected chi connectivity index (χ0v) is 11.3. The zero-order chi connectivity index (χ0) is 13.3. The molecule has 0 heterocycles. The van der Waals surface area contributed by atoms with E-state index in [2.05, 4.69) is 16.0 Å². The fourth-order valence-electron chi connectivity index (χ4n) is 1.36. The zero-order valence-electron chi connectivity index (χ0n) is 11.3. The standard InChI is InChI=1S/C12H25N3O2/c1-5-13-10(4)8-11(16)14-6-7-15-12(17)9(2)3/h9-10,13H,5-8H2,1-4H3,(H,14,16)(H,15,17). The SMILES string of the molecule is CCNC(C)CC(=O)NCCNC(=O)C(C)C. The molecule has 0 saturated heterocycles. The Morgan fingerprint density at radius 1 is 1.06 bits per heavy atom. The largest absolute Gasteiger partial charge is 0.354 e. The molecule has 0 aromatic rings. The highest BCUT2D eigenvalue weighted by atomic mass is 16.2. The molecule has 2 amide bonds. The summed E-state index contributed by atoms with van der Waals surface area (Å²) in [4.78, 5) is 22.7. The van der Waals surface area contributed by atoms with Gasteiger partial charge in [-0.3, -0.25) is 9.59 Å². The van der Waals surface area contributed by atoms with Crippen molar-refractivity contribution in [3.63, 3.8) is 0 Å². The summed E-state index contributed by atoms with van der Waals surface area (Å²) in [5, 5.41) is 8.69. The monoisotopic (exact) mass is 243 g/mol. The van der Waals surface area contributed by atoms with Gasteiger partial charge in [-0.05, 0) is 13.5 Å². The van der Waals surface area contributed by atoms with Gasteiger partial charge in [0, 0.05) is 31.5 Å². The van der Waals surface area contributed by atoms with Crippen molar-refractivity contribution in [1.82, 2.24) is 16.0 Å². The molecule has 0 rings (SSSR count). The Morgan fingerprint density at radius 3 is 2.18 bits per heavy atom. The van der Waals surface area contributed by atoms with Crippen LogP contribution >= 0.6 is 0 Å². The van der Waals surface area contributed by atoms with E-state index >= 15 is 0 Å². The van der Waals surface area contributed by atoms with Gasteiger partial charge in [-0.2, -0.15) is 0 Å². The van der Waals surface area contributed by atoms with Crippen LogP contribution in [0.3, 0.4) is 0 Å². The Kier molecular flexibility index (Phi) is 8.40. The van der Waals surface area contributed by atoms with Crippen LogP contribution in [-0.4, -0.2) is 37.5 Å². The molecule has 0 aliphatic rings. The molecule has 5 heteroatoms. The predicted molar refractivity (Wildman–Crippen MR) is 68.6 cm³/mol. The van der Waals surface area contributed by atoms with Gasteiger partial charge in [0.1, 0.15) is 0 Å². The van der Waals surface area contributed by atoms with Crippen LogP contribution in [0.25, 0.3) is 0 Å². The summed E-state index contributed by atoms with van der Waals surface area (Å²) in [6.07, 6.45) is 0.464. The molecule has 0 aromatic heterocycles. The third-order valence-electron chi connectivity index (χ3n) is 2.31. The van der Waals surface area contributed by atoms with Crippen molar-refractivity contribution in [2.24, 2.45) is 5.92 Å². The Bertz CT molecular complexity index is 242. The number of amides is 2. The second kappa shape index (κ2) is 8.98. The van der Waals surface area contributed by atoms with E-state index in [1.54, 1.807) is 0 Å². The quantitative estimate of drug-likeness (QED) is 0.536. The van der Waals surface area contributed by atoms with E-state index in [1.165, 1.54) is 0 Å². The lowest BCUT2D eigenvalue weighted by molar-refractivity contribution is -0.124. The number of hydrogen-bond donors (Lipinski definition) is 3. The van der Waals surface area contributed by atoms with Crippen LogP contribution in [0.4, 0.5) is 0 Å². The highest BCUT2D eigenvalue weighted by Crippen LogP contribution is 1.90. The minimum Gasteiger partial charge on any atom is -0.354 e. The molecule has 0 radical (unpaired) electrons. The normalized spacial score (nSPS) is 12.3. The van der Waals surface area contributed by atoms with Crippen LogP contribution in [0, 0.1) is 5.92 Å². The average molecular weight is 243 g/mol. The van der Waals surface area contributed by atoms with Gasteiger partial charge in [-0.1, -0.05) is 20.8 Å². The first-order valence-electron chi connectivity index (χ1n) is 6.25. The van der Waals surface area contributed by atoms with Gasteiger partial charge in [0.25, 0.3) is 0 Å². The maximum absolute atomic E-state index is 11.4. The van der Waals surface area contributed by atoms with Crippen molar-refractivity contribution in [3.05, 3.63) is 0 Å². The van der Waals surface area contributed by atoms with E-state index in [9.17, 15) is 9.59 Å². The summed E-state index contributed by atoms with van der Waals surface area (Å²) >= 11 is 0. The lowest BCUT2D eigenvalue weighted by atomic mass is 10.2. The van der Waals surface area contributed by atoms with Crippen LogP contribution < -0.4 is 16.0 Å². The minimum absolute atomic E-state index is 0.0113. The lowest BCUT2D eigenvalue weighted by Crippen LogP contribution is -2.38. The second-order valence-corrected chi connectivity index (χ2v) is 4.46. The van der Waals surface area contributed by atoms with Crippen LogP contribution in [0.1, 0.15) is 34.1 Å². The third-order valence-corrected chi connectivity index (χ3v) is 2.31. The van der Waals surface area contributed by atoms with E-state index in [0.717, 1.165) is 6.54 Å². The molecule has 1 atom stereocenters. The Morgan fingerprint density at radius 2 is 1.65 bits per heavy atom. The topological polar surface area (TPSA) is 70.2 Å². The van der Waals surface area contributed by atoms with Gasteiger partial charge in [0.05, 0.1) is 0 Å². The van der Waals surface area contributed by atoms with Gasteiger partial charge in [0.15, 0.2) is 0 Å². The lowest BCUT2D eigenvalue weighted by Gasteiger charge is -2.12. The van der Waals surface area contributed by atoms with Crippen LogP contribution in [0.15, 0.2) is 0 Å². The first-order chi connectivity index (χ1) is 7.97. The van der Waals surface area contributed by atoms with E-state index in [-0.39, 0.29) is 23.8 Å². The summed E-state index contributed by atoms with van der Waals surface area (Å²) < 4.78 is 0. The van der Waals surface area contributed by atoms with Crippen LogP contribution in [0.2, 0.25) is 0 Å². The van der Waals surface area contributed by atoms with Crippen molar-refractivity contribution >= 4 is 11.8 Å². The number of hydrogen-bond acceptors (Lipinski definition) is 3. The first kappa shape index (κ1) is 15.9. The molecule has 3 N–H and O–H groups in total. The smallest absolute Gasteiger partial charge is 0.222 e. The van der Waals surface area contributed by atoms with E-state index < -0.39 is 0 Å². The minimum atomic E-state index is -0.0144. The molecule has 1 unspecified atom stereocenters. The molecule has 0 bridgehead atoms. The summed E-state index contributed by atoms with van der Waals surface area (Å²) in [6.45, 7) is 9.49. The second-order valence-electron chi connectivity index (χ2n) is 4.46. The molecule has 0 fully saturated rings. The van der Waals surface area contributed by atoms with Crippen molar-refractivity contribution < 1.29 is 9.59 Å². The molecule has 0 aliphatic heterocycles. The third kappa shape index (κ3) is 8.68. The first-order valence-corrected chi connectivity index (χ1v) is 6.25. The molecule has 0 aromatic carbocycles. The molecule has 0 spiro atoms. The maximum atomic E-state index is 11.4. The molecular weight excluding hydrogens is 218 g/mol. The number of rotatable bonds is 8. The molecule has 0 aliphatic carbocycles. The Labute approximate surface area is 104 Å². The van der Waals surface area contributed by atoms with Gasteiger partial charge >= 0.3 is 0 Å². The van der Waals surface area contributed by atoms with Gasteiger partial charge in [0.2, 0.25) is 11.8 Å². The Balaban J connectivity index is 3.55. The summed E-state index contributed by atoms with van der Waals surface area (Å²) in [7, 11) is 0. The van der Waals surface area contributed by atoms with Crippen LogP contribution in [-0.2, 0) is 9.59 Å². The van der Waals surface area contributed by atoms with Gasteiger partial charge < -0.3 is 16.0 Å². The van der Waals surface area contributed by atoms with Crippen LogP contribution in [0.5, 0.6) is 0 Å². The highest BCUT2D eigenvalue weighted by molar-refractivity contribution is 5.78. The predicted octanol–water partition coefficient (Wildman–Crippen LogP) is 0.263. The molecule has 0 saturated carbocycles. The number of nitrogens with one attached hydrogen (secondary N) is 3. The average Bonchev–Trinajstić information content (AvgIpc) is 2.24. The van der Waals surface area contributed by atoms with E-state index in [1.807, 2.05) is 27.7 Å². The van der Waals surface area contributed by atoms with Crippen molar-refractivity contribution in [1.29, 1.82) is 0 Å². The molecule has 100 valence electrons.